The van der Waals surface area contributed by atoms with Crippen LogP contribution in [0.4, 0.5) is 0 Å². The second-order valence-electron chi connectivity index (χ2n) is 4.16. The molecule has 0 spiro atoms. The fraction of sp³-hybridized carbons (Fsp3) is 0.235. The monoisotopic (exact) mass is 304 g/mol. The van der Waals surface area contributed by atoms with Gasteiger partial charge in [0, 0.05) is 20.2 Å². The van der Waals surface area contributed by atoms with Gasteiger partial charge < -0.3 is 9.84 Å². The van der Waals surface area contributed by atoms with E-state index in [0.717, 1.165) is 14.8 Å². The summed E-state index contributed by atoms with van der Waals surface area (Å²) in [6.45, 7) is 0.194. The van der Waals surface area contributed by atoms with Gasteiger partial charge in [0.1, 0.15) is 12.4 Å². The molecule has 2 aromatic carbocycles. The van der Waals surface area contributed by atoms with Gasteiger partial charge in [-0.2, -0.15) is 0 Å². The summed E-state index contributed by atoms with van der Waals surface area (Å²) in [5.74, 6) is 0.612. The molecule has 1 heterocycles. The lowest BCUT2D eigenvalue weighted by atomic mass is 10.2. The highest BCUT2D eigenvalue weighted by atomic mass is 32.1. The molecule has 1 aromatic heterocycles. The van der Waals surface area contributed by atoms with Gasteiger partial charge in [-0.1, -0.05) is 27.0 Å². The second-order valence-corrected chi connectivity index (χ2v) is 5.24. The minimum Gasteiger partial charge on any atom is -0.491 e. The normalized spacial score (nSPS) is 9.95. The summed E-state index contributed by atoms with van der Waals surface area (Å²) < 4.78 is 7.28. The topological polar surface area (TPSA) is 46.5 Å². The fourth-order valence-corrected chi connectivity index (χ4v) is 3.09. The molecule has 0 aliphatic rings. The molecule has 0 fully saturated rings. The molecule has 21 heavy (non-hydrogen) atoms. The highest BCUT2D eigenvalue weighted by Gasteiger charge is 2.06. The molecule has 4 heteroatoms. The van der Waals surface area contributed by atoms with E-state index in [1.807, 2.05) is 36.4 Å². The third kappa shape index (κ3) is 3.23. The van der Waals surface area contributed by atoms with Crippen molar-refractivity contribution in [2.45, 2.75) is 14.9 Å². The molecule has 0 unspecified atom stereocenters. The Hall–Kier alpha value is -1.91. The summed E-state index contributed by atoms with van der Waals surface area (Å²) in [5, 5.41) is 10.2. The number of fused-ring (bicyclic) bond motifs is 2. The number of ether oxygens (including phenoxy) is 1. The minimum absolute atomic E-state index is 0. The predicted octanol–water partition coefficient (Wildman–Crippen LogP) is 4.06. The van der Waals surface area contributed by atoms with Crippen LogP contribution in [0.3, 0.4) is 0 Å². The maximum absolute atomic E-state index is 12.4. The van der Waals surface area contributed by atoms with Crippen LogP contribution in [0.15, 0.2) is 47.3 Å². The van der Waals surface area contributed by atoms with E-state index in [4.69, 9.17) is 9.84 Å². The van der Waals surface area contributed by atoms with Crippen molar-refractivity contribution >= 4 is 31.5 Å². The van der Waals surface area contributed by atoms with Crippen molar-refractivity contribution in [1.29, 1.82) is 0 Å². The molecule has 0 amide bonds. The van der Waals surface area contributed by atoms with Gasteiger partial charge in [0.05, 0.1) is 6.61 Å². The van der Waals surface area contributed by atoms with Gasteiger partial charge in [0.25, 0.3) is 0 Å². The van der Waals surface area contributed by atoms with Crippen LogP contribution in [0, 0.1) is 0 Å². The maximum Gasteiger partial charge on any atom is 0.196 e. The molecule has 1 N–H and O–H groups in total. The molecule has 0 aliphatic heterocycles. The molecular weight excluding hydrogens is 284 g/mol. The molecule has 3 nitrogen and oxygen atoms in total. The van der Waals surface area contributed by atoms with Crippen LogP contribution >= 0.6 is 11.3 Å². The van der Waals surface area contributed by atoms with Crippen LogP contribution in [-0.4, -0.2) is 18.3 Å². The Morgan fingerprint density at radius 2 is 1.71 bits per heavy atom. The van der Waals surface area contributed by atoms with Crippen molar-refractivity contribution < 1.29 is 9.84 Å². The smallest absolute Gasteiger partial charge is 0.196 e. The van der Waals surface area contributed by atoms with Crippen molar-refractivity contribution in [2.24, 2.45) is 0 Å². The summed E-state index contributed by atoms with van der Waals surface area (Å²) in [5.41, 5.74) is 0.0267. The van der Waals surface area contributed by atoms with Gasteiger partial charge in [0.15, 0.2) is 5.43 Å². The summed E-state index contributed by atoms with van der Waals surface area (Å²) in [4.78, 5) is 12.4. The first-order valence-electron chi connectivity index (χ1n) is 5.99. The summed E-state index contributed by atoms with van der Waals surface area (Å²) in [7, 11) is 0. The van der Waals surface area contributed by atoms with Gasteiger partial charge >= 0.3 is 0 Å². The largest absolute Gasteiger partial charge is 0.491 e. The first-order valence-corrected chi connectivity index (χ1v) is 6.80. The maximum atomic E-state index is 12.4. The minimum atomic E-state index is -0.0391. The van der Waals surface area contributed by atoms with E-state index < -0.39 is 0 Å². The number of benzene rings is 2. The van der Waals surface area contributed by atoms with Crippen molar-refractivity contribution in [3.63, 3.8) is 0 Å². The van der Waals surface area contributed by atoms with E-state index in [1.54, 1.807) is 17.4 Å². The molecule has 3 aromatic rings. The highest BCUT2D eigenvalue weighted by Crippen LogP contribution is 2.27. The Balaban J connectivity index is 0.00000110. The first-order chi connectivity index (χ1) is 9.29. The second kappa shape index (κ2) is 7.20. The average Bonchev–Trinajstić information content (AvgIpc) is 2.46. The summed E-state index contributed by atoms with van der Waals surface area (Å²) in [6, 6.07) is 13.1. The highest BCUT2D eigenvalue weighted by molar-refractivity contribution is 7.24. The number of rotatable bonds is 3. The molecule has 112 valence electrons. The quantitative estimate of drug-likeness (QED) is 0.742. The number of aliphatic hydroxyl groups excluding tert-OH is 1. The van der Waals surface area contributed by atoms with Gasteiger partial charge in [-0.15, -0.1) is 11.3 Å². The summed E-state index contributed by atoms with van der Waals surface area (Å²) >= 11 is 1.59. The Morgan fingerprint density at radius 1 is 1.00 bits per heavy atom. The fourth-order valence-electron chi connectivity index (χ4n) is 2.04. The van der Waals surface area contributed by atoms with Crippen LogP contribution < -0.4 is 10.2 Å². The lowest BCUT2D eigenvalue weighted by Crippen LogP contribution is -2.04. The SMILES string of the molecule is C.C.O=c1c2ccccc2sc2ccc(OCCO)cc12. The van der Waals surface area contributed by atoms with Gasteiger partial charge in [-0.05, 0) is 30.3 Å². The van der Waals surface area contributed by atoms with E-state index >= 15 is 0 Å². The van der Waals surface area contributed by atoms with Crippen molar-refractivity contribution in [2.75, 3.05) is 13.2 Å². The molecule has 0 radical (unpaired) electrons. The van der Waals surface area contributed by atoms with Crippen LogP contribution in [0.2, 0.25) is 0 Å². The lowest BCUT2D eigenvalue weighted by Gasteiger charge is -2.06. The van der Waals surface area contributed by atoms with E-state index in [9.17, 15) is 4.79 Å². The lowest BCUT2D eigenvalue weighted by molar-refractivity contribution is 0.201. The Bertz CT molecular complexity index is 793. The molecular formula is C17H20O3S. The van der Waals surface area contributed by atoms with E-state index in [-0.39, 0.29) is 33.5 Å². The zero-order chi connectivity index (χ0) is 13.2. The molecule has 3 rings (SSSR count). The molecule has 0 saturated carbocycles. The van der Waals surface area contributed by atoms with Crippen LogP contribution in [0.5, 0.6) is 5.75 Å². The zero-order valence-corrected chi connectivity index (χ0v) is 10.9. The molecule has 0 saturated heterocycles. The van der Waals surface area contributed by atoms with E-state index in [0.29, 0.717) is 11.1 Å². The van der Waals surface area contributed by atoms with Crippen molar-refractivity contribution in [3.8, 4) is 5.75 Å². The van der Waals surface area contributed by atoms with Gasteiger partial charge in [0.2, 0.25) is 0 Å². The van der Waals surface area contributed by atoms with E-state index in [2.05, 4.69) is 0 Å². The van der Waals surface area contributed by atoms with Crippen molar-refractivity contribution in [1.82, 2.24) is 0 Å². The van der Waals surface area contributed by atoms with Crippen molar-refractivity contribution in [3.05, 3.63) is 52.7 Å². The molecule has 0 atom stereocenters. The van der Waals surface area contributed by atoms with Crippen LogP contribution in [0.1, 0.15) is 14.9 Å². The number of aliphatic hydroxyl groups is 1. The first kappa shape index (κ1) is 17.1. The Kier molecular flexibility index (Phi) is 5.88. The third-order valence-corrected chi connectivity index (χ3v) is 4.06. The zero-order valence-electron chi connectivity index (χ0n) is 10.1. The Labute approximate surface area is 128 Å². The molecule has 0 bridgehead atoms. The predicted molar refractivity (Wildman–Crippen MR) is 91.6 cm³/mol. The number of hydrogen-bond acceptors (Lipinski definition) is 4. The molecule has 0 aliphatic carbocycles. The van der Waals surface area contributed by atoms with Gasteiger partial charge in [-0.25, -0.2) is 0 Å². The van der Waals surface area contributed by atoms with Gasteiger partial charge in [-0.3, -0.25) is 4.79 Å². The van der Waals surface area contributed by atoms with Crippen LogP contribution in [-0.2, 0) is 0 Å². The third-order valence-electron chi connectivity index (χ3n) is 2.91. The summed E-state index contributed by atoms with van der Waals surface area (Å²) in [6.07, 6.45) is 0. The average molecular weight is 304 g/mol. The standard InChI is InChI=1S/C15H12O3S.2CH4/c16-7-8-18-10-5-6-14-12(9-10)15(17)11-3-1-2-4-13(11)19-14;;/h1-6,9,16H,7-8H2;2*1H4. The number of hydrogen-bond donors (Lipinski definition) is 1. The van der Waals surface area contributed by atoms with E-state index in [1.165, 1.54) is 0 Å². The van der Waals surface area contributed by atoms with Crippen LogP contribution in [0.25, 0.3) is 20.2 Å². The Morgan fingerprint density at radius 3 is 2.48 bits per heavy atom.